The Morgan fingerprint density at radius 3 is 2.58 bits per heavy atom. The van der Waals surface area contributed by atoms with E-state index < -0.39 is 0 Å². The molecular weight excluding hydrogens is 414 g/mol. The Balaban J connectivity index is 1.69. The molecule has 0 amide bonds. The van der Waals surface area contributed by atoms with Gasteiger partial charge in [-0.3, -0.25) is 13.9 Å². The molecule has 0 N–H and O–H groups in total. The maximum atomic E-state index is 13.5. The topological polar surface area (TPSA) is 65.1 Å². The van der Waals surface area contributed by atoms with E-state index in [9.17, 15) is 9.59 Å². The maximum absolute atomic E-state index is 13.5. The van der Waals surface area contributed by atoms with Crippen molar-refractivity contribution in [1.29, 1.82) is 0 Å². The van der Waals surface area contributed by atoms with Gasteiger partial charge >= 0.3 is 5.69 Å². The van der Waals surface area contributed by atoms with Crippen molar-refractivity contribution in [3.63, 3.8) is 0 Å². The summed E-state index contributed by atoms with van der Waals surface area (Å²) < 4.78 is 4.68. The molecule has 2 aromatic heterocycles. The van der Waals surface area contributed by atoms with Crippen molar-refractivity contribution in [3.05, 3.63) is 85.5 Å². The summed E-state index contributed by atoms with van der Waals surface area (Å²) >= 11 is 6.20. The molecule has 0 aliphatic carbocycles. The van der Waals surface area contributed by atoms with Gasteiger partial charge in [0.2, 0.25) is 5.95 Å². The number of anilines is 2. The number of hydrogen-bond donors (Lipinski definition) is 0. The van der Waals surface area contributed by atoms with Crippen molar-refractivity contribution in [2.24, 2.45) is 7.05 Å². The van der Waals surface area contributed by atoms with E-state index in [0.717, 1.165) is 29.8 Å². The van der Waals surface area contributed by atoms with Gasteiger partial charge in [-0.1, -0.05) is 47.5 Å². The largest absolute Gasteiger partial charge is 0.332 e. The first-order valence-corrected chi connectivity index (χ1v) is 10.6. The van der Waals surface area contributed by atoms with E-state index >= 15 is 0 Å². The summed E-state index contributed by atoms with van der Waals surface area (Å²) in [5.74, 6) is 0.656. The van der Waals surface area contributed by atoms with Gasteiger partial charge in [-0.25, -0.2) is 4.79 Å². The van der Waals surface area contributed by atoms with E-state index in [1.807, 2.05) is 64.9 Å². The van der Waals surface area contributed by atoms with Crippen LogP contribution in [0.15, 0.2) is 58.1 Å². The molecule has 4 aromatic rings. The van der Waals surface area contributed by atoms with E-state index in [1.165, 1.54) is 9.13 Å². The molecule has 5 rings (SSSR count). The van der Waals surface area contributed by atoms with Gasteiger partial charge < -0.3 is 9.47 Å². The molecule has 3 heterocycles. The highest BCUT2D eigenvalue weighted by molar-refractivity contribution is 6.30. The Morgan fingerprint density at radius 1 is 1.06 bits per heavy atom. The van der Waals surface area contributed by atoms with E-state index in [4.69, 9.17) is 16.6 Å². The molecule has 158 valence electrons. The highest BCUT2D eigenvalue weighted by atomic mass is 35.5. The molecule has 0 atom stereocenters. The monoisotopic (exact) mass is 435 g/mol. The van der Waals surface area contributed by atoms with E-state index in [1.54, 1.807) is 7.05 Å². The number of benzene rings is 2. The third-order valence-electron chi connectivity index (χ3n) is 5.80. The lowest BCUT2D eigenvalue weighted by Crippen LogP contribution is -2.40. The highest BCUT2D eigenvalue weighted by Gasteiger charge is 2.27. The Hall–Kier alpha value is -3.32. The van der Waals surface area contributed by atoms with Gasteiger partial charge in [-0.15, -0.1) is 0 Å². The zero-order valence-corrected chi connectivity index (χ0v) is 18.1. The second-order valence-corrected chi connectivity index (χ2v) is 8.38. The van der Waals surface area contributed by atoms with Gasteiger partial charge in [-0.05, 0) is 37.1 Å². The second-order valence-electron chi connectivity index (χ2n) is 7.94. The van der Waals surface area contributed by atoms with Crippen LogP contribution in [0.1, 0.15) is 17.5 Å². The normalized spacial score (nSPS) is 13.6. The summed E-state index contributed by atoms with van der Waals surface area (Å²) in [4.78, 5) is 33.2. The number of hydrogen-bond acceptors (Lipinski definition) is 4. The zero-order chi connectivity index (χ0) is 21.7. The van der Waals surface area contributed by atoms with Crippen molar-refractivity contribution in [2.75, 3.05) is 11.4 Å². The van der Waals surface area contributed by atoms with Gasteiger partial charge in [0.05, 0.1) is 6.54 Å². The van der Waals surface area contributed by atoms with Crippen LogP contribution in [0.5, 0.6) is 0 Å². The fraction of sp³-hybridized carbons (Fsp3) is 0.261. The lowest BCUT2D eigenvalue weighted by atomic mass is 10.1. The standard InChI is InChI=1S/C23H22ClN5O2/c1-15-7-9-16(10-8-15)14-29-21(30)19-20(26(2)23(29)31)25-22-27(11-4-12-28(19)22)18-6-3-5-17(24)13-18/h3,5-10,13H,4,11-12,14H2,1-2H3. The summed E-state index contributed by atoms with van der Waals surface area (Å²) in [5, 5.41) is 0.638. The van der Waals surface area contributed by atoms with Crippen LogP contribution in [0.3, 0.4) is 0 Å². The third kappa shape index (κ3) is 3.25. The molecule has 0 radical (unpaired) electrons. The molecule has 0 saturated carbocycles. The lowest BCUT2D eigenvalue weighted by Gasteiger charge is -2.29. The molecule has 2 aromatic carbocycles. The Labute approximate surface area is 183 Å². The Morgan fingerprint density at radius 2 is 1.84 bits per heavy atom. The zero-order valence-electron chi connectivity index (χ0n) is 17.4. The average Bonchev–Trinajstić information content (AvgIpc) is 3.16. The molecule has 0 fully saturated rings. The van der Waals surface area contributed by atoms with Crippen LogP contribution in [0.4, 0.5) is 11.6 Å². The quantitative estimate of drug-likeness (QED) is 0.494. The first-order valence-electron chi connectivity index (χ1n) is 10.2. The fourth-order valence-electron chi connectivity index (χ4n) is 4.17. The Bertz CT molecular complexity index is 1420. The molecule has 31 heavy (non-hydrogen) atoms. The van der Waals surface area contributed by atoms with Crippen LogP contribution in [-0.4, -0.2) is 25.2 Å². The van der Waals surface area contributed by atoms with Crippen LogP contribution in [-0.2, 0) is 20.1 Å². The number of halogens is 1. The number of imidazole rings is 1. The van der Waals surface area contributed by atoms with Crippen molar-refractivity contribution in [1.82, 2.24) is 18.7 Å². The van der Waals surface area contributed by atoms with Crippen molar-refractivity contribution in [2.45, 2.75) is 26.4 Å². The molecule has 0 spiro atoms. The van der Waals surface area contributed by atoms with Crippen molar-refractivity contribution >= 4 is 34.4 Å². The van der Waals surface area contributed by atoms with Gasteiger partial charge in [0.25, 0.3) is 5.56 Å². The van der Waals surface area contributed by atoms with Crippen LogP contribution < -0.4 is 16.1 Å². The predicted octanol–water partition coefficient (Wildman–Crippen LogP) is 3.45. The SMILES string of the molecule is Cc1ccc(Cn2c(=O)c3c(nc4n3CCCN4c3cccc(Cl)c3)n(C)c2=O)cc1. The van der Waals surface area contributed by atoms with Crippen molar-refractivity contribution in [3.8, 4) is 0 Å². The summed E-state index contributed by atoms with van der Waals surface area (Å²) in [6, 6.07) is 15.4. The van der Waals surface area contributed by atoms with Crippen molar-refractivity contribution < 1.29 is 0 Å². The molecule has 8 heteroatoms. The van der Waals surface area contributed by atoms with E-state index in [0.29, 0.717) is 28.7 Å². The molecule has 0 unspecified atom stereocenters. The summed E-state index contributed by atoms with van der Waals surface area (Å²) in [5.41, 5.74) is 3.12. The molecule has 0 bridgehead atoms. The number of rotatable bonds is 3. The smallest absolute Gasteiger partial charge is 0.312 e. The maximum Gasteiger partial charge on any atom is 0.332 e. The molecule has 7 nitrogen and oxygen atoms in total. The summed E-state index contributed by atoms with van der Waals surface area (Å²) in [6.07, 6.45) is 0.852. The Kier molecular flexibility index (Phi) is 4.70. The molecular formula is C23H22ClN5O2. The minimum absolute atomic E-state index is 0.222. The molecule has 1 aliphatic rings. The lowest BCUT2D eigenvalue weighted by molar-refractivity contribution is 0.597. The van der Waals surface area contributed by atoms with Crippen LogP contribution in [0.25, 0.3) is 11.2 Å². The predicted molar refractivity (Wildman–Crippen MR) is 123 cm³/mol. The minimum atomic E-state index is -0.372. The van der Waals surface area contributed by atoms with Gasteiger partial charge in [-0.2, -0.15) is 4.98 Å². The number of aryl methyl sites for hydroxylation is 3. The van der Waals surface area contributed by atoms with Crippen LogP contribution in [0.2, 0.25) is 5.02 Å². The average molecular weight is 436 g/mol. The molecule has 0 saturated heterocycles. The fourth-order valence-corrected chi connectivity index (χ4v) is 4.35. The second kappa shape index (κ2) is 7.42. The number of aromatic nitrogens is 4. The first kappa shape index (κ1) is 19.6. The van der Waals surface area contributed by atoms with Crippen LogP contribution >= 0.6 is 11.6 Å². The minimum Gasteiger partial charge on any atom is -0.312 e. The number of fused-ring (bicyclic) bond motifs is 3. The van der Waals surface area contributed by atoms with Gasteiger partial charge in [0.15, 0.2) is 11.2 Å². The van der Waals surface area contributed by atoms with E-state index in [-0.39, 0.29) is 17.8 Å². The van der Waals surface area contributed by atoms with Crippen LogP contribution in [0, 0.1) is 6.92 Å². The molecule has 1 aliphatic heterocycles. The summed E-state index contributed by atoms with van der Waals surface area (Å²) in [7, 11) is 1.67. The number of nitrogens with zero attached hydrogens (tertiary/aromatic N) is 5. The summed E-state index contributed by atoms with van der Waals surface area (Å²) in [6.45, 7) is 3.65. The first-order chi connectivity index (χ1) is 14.9. The van der Waals surface area contributed by atoms with Gasteiger partial charge in [0, 0.05) is 30.8 Å². The highest BCUT2D eigenvalue weighted by Crippen LogP contribution is 2.32. The third-order valence-corrected chi connectivity index (χ3v) is 6.03. The van der Waals surface area contributed by atoms with Gasteiger partial charge in [0.1, 0.15) is 0 Å². The van der Waals surface area contributed by atoms with E-state index in [2.05, 4.69) is 0 Å².